The summed E-state index contributed by atoms with van der Waals surface area (Å²) in [5.41, 5.74) is 0. The summed E-state index contributed by atoms with van der Waals surface area (Å²) in [5.74, 6) is -1.05. The van der Waals surface area contributed by atoms with Gasteiger partial charge >= 0.3 is 5.97 Å². The quantitative estimate of drug-likeness (QED) is 0.876. The molecule has 6 heteroatoms. The number of aliphatic carboxylic acids is 1. The van der Waals surface area contributed by atoms with Gasteiger partial charge in [-0.3, -0.25) is 0 Å². The molecule has 1 heterocycles. The molecule has 3 unspecified atom stereocenters. The number of hydrogen-bond acceptors (Lipinski definition) is 4. The molecule has 0 saturated carbocycles. The first kappa shape index (κ1) is 13.6. The topological polar surface area (TPSA) is 66.8 Å². The summed E-state index contributed by atoms with van der Waals surface area (Å²) in [6.07, 6.45) is -2.26. The Labute approximate surface area is 106 Å². The molecule has 3 atom stereocenters. The van der Waals surface area contributed by atoms with Crippen molar-refractivity contribution in [3.05, 3.63) is 20.8 Å². The molecule has 0 fully saturated rings. The van der Waals surface area contributed by atoms with Gasteiger partial charge in [0.2, 0.25) is 0 Å². The maximum Gasteiger partial charge on any atom is 0.338 e. The third-order valence-corrected chi connectivity index (χ3v) is 3.84. The van der Waals surface area contributed by atoms with Crippen LogP contribution in [0.25, 0.3) is 0 Å². The van der Waals surface area contributed by atoms with Crippen molar-refractivity contribution in [2.75, 3.05) is 0 Å². The molecule has 0 spiro atoms. The summed E-state index contributed by atoms with van der Waals surface area (Å²) in [6, 6.07) is 1.71. The summed E-state index contributed by atoms with van der Waals surface area (Å²) in [6.45, 7) is 3.21. The highest BCUT2D eigenvalue weighted by Gasteiger charge is 2.26. The minimum Gasteiger partial charge on any atom is -0.479 e. The number of aliphatic hydroxyl groups excluding tert-OH is 1. The van der Waals surface area contributed by atoms with E-state index >= 15 is 0 Å². The Balaban J connectivity index is 2.80. The van der Waals surface area contributed by atoms with E-state index in [1.807, 2.05) is 0 Å². The van der Waals surface area contributed by atoms with Gasteiger partial charge in [-0.25, -0.2) is 4.79 Å². The minimum atomic E-state index is -1.05. The van der Waals surface area contributed by atoms with E-state index in [9.17, 15) is 9.90 Å². The smallest absolute Gasteiger partial charge is 0.338 e. The Morgan fingerprint density at radius 1 is 1.56 bits per heavy atom. The maximum atomic E-state index is 11.1. The Hall–Kier alpha value is -0.430. The van der Waals surface area contributed by atoms with Gasteiger partial charge in [-0.1, -0.05) is 0 Å². The Kier molecular flexibility index (Phi) is 4.91. The van der Waals surface area contributed by atoms with Crippen LogP contribution in [0.4, 0.5) is 0 Å². The molecular formula is C10H13BrO4S. The lowest BCUT2D eigenvalue weighted by atomic mass is 10.2. The molecule has 1 rings (SSSR count). The van der Waals surface area contributed by atoms with Crippen LogP contribution in [0.15, 0.2) is 15.9 Å². The van der Waals surface area contributed by atoms with Crippen LogP contribution in [0.3, 0.4) is 0 Å². The highest BCUT2D eigenvalue weighted by Crippen LogP contribution is 2.29. The molecule has 4 nitrogen and oxygen atoms in total. The number of carboxylic acid groups (broad SMARTS) is 1. The summed E-state index contributed by atoms with van der Waals surface area (Å²) >= 11 is 4.56. The van der Waals surface area contributed by atoms with Gasteiger partial charge in [-0.15, -0.1) is 11.3 Å². The van der Waals surface area contributed by atoms with Crippen molar-refractivity contribution in [1.29, 1.82) is 0 Å². The van der Waals surface area contributed by atoms with Gasteiger partial charge in [-0.05, 0) is 35.8 Å². The van der Waals surface area contributed by atoms with E-state index in [-0.39, 0.29) is 0 Å². The summed E-state index contributed by atoms with van der Waals surface area (Å²) in [5, 5.41) is 20.1. The van der Waals surface area contributed by atoms with Gasteiger partial charge in [0.05, 0.1) is 12.2 Å². The van der Waals surface area contributed by atoms with E-state index in [2.05, 4.69) is 15.9 Å². The number of aliphatic hydroxyl groups is 1. The standard InChI is InChI=1S/C10H13BrO4S/c1-5(12)6(2)15-9(10(13)14)8-3-7(11)4-16-8/h3-6,9,12H,1-2H3,(H,13,14). The SMILES string of the molecule is CC(O)C(C)OC(C(=O)O)c1cc(Br)cs1. The second kappa shape index (κ2) is 5.77. The predicted octanol–water partition coefficient (Wildman–Crippen LogP) is 2.42. The number of ether oxygens (including phenoxy) is 1. The Morgan fingerprint density at radius 3 is 2.56 bits per heavy atom. The summed E-state index contributed by atoms with van der Waals surface area (Å²) in [7, 11) is 0. The zero-order valence-corrected chi connectivity index (χ0v) is 11.3. The first-order valence-corrected chi connectivity index (χ1v) is 6.39. The number of thiophene rings is 1. The van der Waals surface area contributed by atoms with Crippen molar-refractivity contribution in [3.63, 3.8) is 0 Å². The molecule has 16 heavy (non-hydrogen) atoms. The van der Waals surface area contributed by atoms with Crippen molar-refractivity contribution < 1.29 is 19.7 Å². The van der Waals surface area contributed by atoms with E-state index < -0.39 is 24.3 Å². The van der Waals surface area contributed by atoms with Crippen molar-refractivity contribution >= 4 is 33.2 Å². The monoisotopic (exact) mass is 308 g/mol. The lowest BCUT2D eigenvalue weighted by molar-refractivity contribution is -0.158. The van der Waals surface area contributed by atoms with Crippen molar-refractivity contribution in [3.8, 4) is 0 Å². The molecular weight excluding hydrogens is 296 g/mol. The Bertz CT molecular complexity index is 363. The van der Waals surface area contributed by atoms with E-state index in [0.717, 1.165) is 4.47 Å². The molecule has 1 aromatic heterocycles. The number of carboxylic acids is 1. The van der Waals surface area contributed by atoms with Crippen molar-refractivity contribution in [1.82, 2.24) is 0 Å². The minimum absolute atomic E-state index is 0.526. The van der Waals surface area contributed by atoms with Crippen LogP contribution in [0.2, 0.25) is 0 Å². The van der Waals surface area contributed by atoms with Gasteiger partial charge < -0.3 is 14.9 Å². The van der Waals surface area contributed by atoms with Crippen LogP contribution >= 0.6 is 27.3 Å². The normalized spacial score (nSPS) is 16.8. The van der Waals surface area contributed by atoms with Crippen LogP contribution in [0.5, 0.6) is 0 Å². The van der Waals surface area contributed by atoms with E-state index in [4.69, 9.17) is 9.84 Å². The van der Waals surface area contributed by atoms with Gasteiger partial charge in [0, 0.05) is 14.7 Å². The molecule has 0 bridgehead atoms. The molecule has 0 aliphatic heterocycles. The molecule has 90 valence electrons. The first-order valence-electron chi connectivity index (χ1n) is 4.72. The first-order chi connectivity index (χ1) is 7.41. The zero-order valence-electron chi connectivity index (χ0n) is 8.88. The summed E-state index contributed by atoms with van der Waals surface area (Å²) in [4.78, 5) is 11.7. The van der Waals surface area contributed by atoms with Crippen LogP contribution in [0.1, 0.15) is 24.8 Å². The fourth-order valence-electron chi connectivity index (χ4n) is 1.04. The van der Waals surface area contributed by atoms with Gasteiger partial charge in [0.25, 0.3) is 0 Å². The van der Waals surface area contributed by atoms with Crippen LogP contribution < -0.4 is 0 Å². The van der Waals surface area contributed by atoms with Crippen LogP contribution in [-0.4, -0.2) is 28.4 Å². The van der Waals surface area contributed by atoms with Gasteiger partial charge in [0.15, 0.2) is 6.10 Å². The highest BCUT2D eigenvalue weighted by atomic mass is 79.9. The van der Waals surface area contributed by atoms with Crippen molar-refractivity contribution in [2.45, 2.75) is 32.2 Å². The molecule has 0 aliphatic carbocycles. The van der Waals surface area contributed by atoms with Crippen LogP contribution in [0, 0.1) is 0 Å². The third-order valence-electron chi connectivity index (χ3n) is 2.10. The fraction of sp³-hybridized carbons (Fsp3) is 0.500. The largest absolute Gasteiger partial charge is 0.479 e. The lowest BCUT2D eigenvalue weighted by Gasteiger charge is -2.20. The average Bonchev–Trinajstić information content (AvgIpc) is 2.59. The fourth-order valence-corrected chi connectivity index (χ4v) is 2.51. The van der Waals surface area contributed by atoms with Crippen LogP contribution in [-0.2, 0) is 9.53 Å². The molecule has 0 saturated heterocycles. The second-order valence-corrected chi connectivity index (χ2v) is 5.33. The number of hydrogen-bond donors (Lipinski definition) is 2. The van der Waals surface area contributed by atoms with E-state index in [0.29, 0.717) is 4.88 Å². The molecule has 0 aromatic carbocycles. The van der Waals surface area contributed by atoms with Gasteiger partial charge in [-0.2, -0.15) is 0 Å². The third kappa shape index (κ3) is 3.55. The highest BCUT2D eigenvalue weighted by molar-refractivity contribution is 9.10. The molecule has 0 aliphatic rings. The van der Waals surface area contributed by atoms with Crippen molar-refractivity contribution in [2.24, 2.45) is 0 Å². The summed E-state index contributed by atoms with van der Waals surface area (Å²) < 4.78 is 6.14. The number of halogens is 1. The maximum absolute atomic E-state index is 11.1. The molecule has 1 aromatic rings. The zero-order chi connectivity index (χ0) is 12.3. The Morgan fingerprint density at radius 2 is 2.19 bits per heavy atom. The van der Waals surface area contributed by atoms with Gasteiger partial charge in [0.1, 0.15) is 0 Å². The van der Waals surface area contributed by atoms with E-state index in [1.54, 1.807) is 25.3 Å². The number of rotatable bonds is 5. The molecule has 0 radical (unpaired) electrons. The second-order valence-electron chi connectivity index (χ2n) is 3.47. The predicted molar refractivity (Wildman–Crippen MR) is 64.6 cm³/mol. The van der Waals surface area contributed by atoms with E-state index in [1.165, 1.54) is 11.3 Å². The molecule has 2 N–H and O–H groups in total. The lowest BCUT2D eigenvalue weighted by Crippen LogP contribution is -2.27. The average molecular weight is 309 g/mol. The number of carbonyl (C=O) groups is 1. The molecule has 0 amide bonds.